The number of benzene rings is 1. The lowest BCUT2D eigenvalue weighted by Crippen LogP contribution is -2.40. The number of nitrogens with one attached hydrogen (secondary N) is 1. The molecular formula is C21H21ClN2O3. The van der Waals surface area contributed by atoms with Gasteiger partial charge >= 0.3 is 0 Å². The number of anilines is 1. The zero-order valence-electron chi connectivity index (χ0n) is 15.0. The maximum atomic E-state index is 12.9. The van der Waals surface area contributed by atoms with Gasteiger partial charge in [0, 0.05) is 23.7 Å². The Hall–Kier alpha value is -2.14. The molecule has 27 heavy (non-hydrogen) atoms. The van der Waals surface area contributed by atoms with E-state index in [0.717, 1.165) is 12.0 Å². The van der Waals surface area contributed by atoms with Crippen LogP contribution in [0.15, 0.2) is 30.4 Å². The minimum Gasteiger partial charge on any atom is -0.326 e. The van der Waals surface area contributed by atoms with Crippen LogP contribution in [-0.4, -0.2) is 29.2 Å². The number of hydrogen-bond donors (Lipinski definition) is 1. The smallest absolute Gasteiger partial charge is 0.233 e. The SMILES string of the molecule is Cc1ccc(Cl)cc1NC(=O)CCN1C(=O)[C@@H]2[C@H]3C=C[C@@H]([C@@H]4C[C@H]34)[C@@H]2C1=O. The maximum Gasteiger partial charge on any atom is 0.233 e. The molecule has 6 atom stereocenters. The minimum atomic E-state index is -0.222. The van der Waals surface area contributed by atoms with Crippen molar-refractivity contribution in [1.29, 1.82) is 0 Å². The third-order valence-corrected chi connectivity index (χ3v) is 7.03. The van der Waals surface area contributed by atoms with E-state index in [1.165, 1.54) is 4.90 Å². The predicted molar refractivity (Wildman–Crippen MR) is 101 cm³/mol. The Labute approximate surface area is 162 Å². The van der Waals surface area contributed by atoms with Crippen molar-refractivity contribution >= 4 is 35.0 Å². The zero-order valence-corrected chi connectivity index (χ0v) is 15.8. The van der Waals surface area contributed by atoms with Crippen molar-refractivity contribution in [1.82, 2.24) is 4.90 Å². The second-order valence-corrected chi connectivity index (χ2v) is 8.68. The molecule has 6 heteroatoms. The first-order valence-corrected chi connectivity index (χ1v) is 9.93. The van der Waals surface area contributed by atoms with E-state index >= 15 is 0 Å². The molecule has 3 fully saturated rings. The normalized spacial score (nSPS) is 35.3. The van der Waals surface area contributed by atoms with E-state index in [-0.39, 0.29) is 54.4 Å². The molecule has 2 saturated carbocycles. The van der Waals surface area contributed by atoms with E-state index in [1.54, 1.807) is 12.1 Å². The molecule has 3 amide bonds. The van der Waals surface area contributed by atoms with E-state index < -0.39 is 0 Å². The molecule has 0 unspecified atom stereocenters. The third-order valence-electron chi connectivity index (χ3n) is 6.79. The van der Waals surface area contributed by atoms with Gasteiger partial charge in [0.1, 0.15) is 0 Å². The Bertz CT molecular complexity index is 859. The Morgan fingerprint density at radius 2 is 1.78 bits per heavy atom. The molecule has 1 saturated heterocycles. The fourth-order valence-corrected chi connectivity index (χ4v) is 5.57. The van der Waals surface area contributed by atoms with Crippen LogP contribution in [0.4, 0.5) is 5.69 Å². The highest BCUT2D eigenvalue weighted by molar-refractivity contribution is 6.31. The van der Waals surface area contributed by atoms with Gasteiger partial charge in [-0.1, -0.05) is 29.8 Å². The van der Waals surface area contributed by atoms with Crippen molar-refractivity contribution < 1.29 is 14.4 Å². The number of allylic oxidation sites excluding steroid dienone is 2. The standard InChI is InChI=1S/C21H21ClN2O3/c1-10-2-3-11(22)8-16(10)23-17(25)6-7-24-20(26)18-12-4-5-13(15-9-14(12)15)19(18)21(24)27/h2-5,8,12-15,18-19H,6-7,9H2,1H3,(H,23,25)/t12-,13-,14-,15+,18-,19+/m0/s1. The van der Waals surface area contributed by atoms with Crippen LogP contribution < -0.4 is 5.32 Å². The number of imide groups is 1. The number of carbonyl (C=O) groups is 3. The topological polar surface area (TPSA) is 66.5 Å². The Morgan fingerprint density at radius 1 is 1.15 bits per heavy atom. The summed E-state index contributed by atoms with van der Waals surface area (Å²) >= 11 is 5.98. The van der Waals surface area contributed by atoms with Gasteiger partial charge in [0.25, 0.3) is 0 Å². The van der Waals surface area contributed by atoms with Crippen LogP contribution in [0.1, 0.15) is 18.4 Å². The van der Waals surface area contributed by atoms with Crippen molar-refractivity contribution in [2.24, 2.45) is 35.5 Å². The highest BCUT2D eigenvalue weighted by Gasteiger charge is 2.66. The summed E-state index contributed by atoms with van der Waals surface area (Å²) in [7, 11) is 0. The van der Waals surface area contributed by atoms with Gasteiger partial charge in [-0.2, -0.15) is 0 Å². The first-order valence-electron chi connectivity index (χ1n) is 9.55. The van der Waals surface area contributed by atoms with Crippen LogP contribution in [0.5, 0.6) is 0 Å². The number of carbonyl (C=O) groups excluding carboxylic acids is 3. The van der Waals surface area contributed by atoms with E-state index in [1.807, 2.05) is 13.0 Å². The molecule has 0 radical (unpaired) electrons. The Morgan fingerprint density at radius 3 is 2.41 bits per heavy atom. The summed E-state index contributed by atoms with van der Waals surface area (Å²) in [5.41, 5.74) is 1.57. The summed E-state index contributed by atoms with van der Waals surface area (Å²) in [4.78, 5) is 39.5. The van der Waals surface area contributed by atoms with Crippen molar-refractivity contribution in [3.8, 4) is 0 Å². The van der Waals surface area contributed by atoms with Crippen LogP contribution in [-0.2, 0) is 14.4 Å². The van der Waals surface area contributed by atoms with Crippen LogP contribution in [0, 0.1) is 42.4 Å². The van der Waals surface area contributed by atoms with Gasteiger partial charge in [-0.3, -0.25) is 19.3 Å². The van der Waals surface area contributed by atoms with E-state index in [2.05, 4.69) is 17.5 Å². The molecule has 1 aliphatic heterocycles. The monoisotopic (exact) mass is 384 g/mol. The average Bonchev–Trinajstić information content (AvgIpc) is 3.42. The number of aryl methyl sites for hydroxylation is 1. The zero-order chi connectivity index (χ0) is 18.9. The largest absolute Gasteiger partial charge is 0.326 e. The fraction of sp³-hybridized carbons (Fsp3) is 0.476. The molecule has 1 aromatic carbocycles. The molecule has 6 rings (SSSR count). The molecular weight excluding hydrogens is 364 g/mol. The molecule has 1 heterocycles. The lowest BCUT2D eigenvalue weighted by molar-refractivity contribution is -0.140. The predicted octanol–water partition coefficient (Wildman–Crippen LogP) is 3.03. The number of nitrogens with zero attached hydrogens (tertiary/aromatic N) is 1. The van der Waals surface area contributed by atoms with Gasteiger partial charge in [-0.15, -0.1) is 0 Å². The molecule has 4 aliphatic carbocycles. The van der Waals surface area contributed by atoms with Crippen molar-refractivity contribution in [3.63, 3.8) is 0 Å². The van der Waals surface area contributed by atoms with Gasteiger partial charge in [0.2, 0.25) is 17.7 Å². The summed E-state index contributed by atoms with van der Waals surface area (Å²) in [6.45, 7) is 2.03. The first-order chi connectivity index (χ1) is 13.0. The number of amides is 3. The van der Waals surface area contributed by atoms with E-state index in [9.17, 15) is 14.4 Å². The summed E-state index contributed by atoms with van der Waals surface area (Å²) < 4.78 is 0. The van der Waals surface area contributed by atoms with Crippen LogP contribution in [0.25, 0.3) is 0 Å². The van der Waals surface area contributed by atoms with Crippen molar-refractivity contribution in [2.75, 3.05) is 11.9 Å². The Balaban J connectivity index is 1.26. The molecule has 0 aromatic heterocycles. The highest BCUT2D eigenvalue weighted by atomic mass is 35.5. The third kappa shape index (κ3) is 2.55. The van der Waals surface area contributed by atoms with Gasteiger partial charge < -0.3 is 5.32 Å². The minimum absolute atomic E-state index is 0.0820. The lowest BCUT2D eigenvalue weighted by atomic mass is 9.63. The number of likely N-dealkylation sites (tertiary alicyclic amines) is 1. The molecule has 5 aliphatic rings. The number of hydrogen-bond acceptors (Lipinski definition) is 3. The van der Waals surface area contributed by atoms with Gasteiger partial charge in [0.15, 0.2) is 0 Å². The summed E-state index contributed by atoms with van der Waals surface area (Å²) in [6, 6.07) is 5.30. The van der Waals surface area contributed by atoms with Crippen molar-refractivity contribution in [2.45, 2.75) is 19.8 Å². The van der Waals surface area contributed by atoms with Gasteiger partial charge in [-0.25, -0.2) is 0 Å². The molecule has 1 N–H and O–H groups in total. The summed E-state index contributed by atoms with van der Waals surface area (Å²) in [5.74, 6) is 0.828. The lowest BCUT2D eigenvalue weighted by Gasteiger charge is -2.37. The van der Waals surface area contributed by atoms with Crippen LogP contribution in [0.2, 0.25) is 5.02 Å². The molecule has 0 spiro atoms. The van der Waals surface area contributed by atoms with E-state index in [4.69, 9.17) is 11.6 Å². The first kappa shape index (κ1) is 17.0. The van der Waals surface area contributed by atoms with Crippen LogP contribution >= 0.6 is 11.6 Å². The quantitative estimate of drug-likeness (QED) is 0.641. The second-order valence-electron chi connectivity index (χ2n) is 8.24. The highest BCUT2D eigenvalue weighted by Crippen LogP contribution is 2.65. The van der Waals surface area contributed by atoms with E-state index in [0.29, 0.717) is 22.5 Å². The summed E-state index contributed by atoms with van der Waals surface area (Å²) in [6.07, 6.45) is 5.56. The van der Waals surface area contributed by atoms with Gasteiger partial charge in [-0.05, 0) is 54.7 Å². The Kier molecular flexibility index (Phi) is 3.73. The maximum absolute atomic E-state index is 12.9. The van der Waals surface area contributed by atoms with Gasteiger partial charge in [0.05, 0.1) is 11.8 Å². The number of halogens is 1. The summed E-state index contributed by atoms with van der Waals surface area (Å²) in [5, 5.41) is 3.37. The molecule has 1 aromatic rings. The molecule has 140 valence electrons. The molecule has 5 nitrogen and oxygen atoms in total. The number of rotatable bonds is 4. The second kappa shape index (κ2) is 5.93. The molecule has 2 bridgehead atoms. The average molecular weight is 385 g/mol. The van der Waals surface area contributed by atoms with Crippen LogP contribution in [0.3, 0.4) is 0 Å². The van der Waals surface area contributed by atoms with Crippen molar-refractivity contribution in [3.05, 3.63) is 40.9 Å². The fourth-order valence-electron chi connectivity index (χ4n) is 5.39.